The number of alkyl halides is 6. The predicted molar refractivity (Wildman–Crippen MR) is 290 cm³/mol. The summed E-state index contributed by atoms with van der Waals surface area (Å²) in [6.45, 7) is 6.66. The van der Waals surface area contributed by atoms with Crippen molar-refractivity contribution in [1.82, 2.24) is 40.2 Å². The van der Waals surface area contributed by atoms with Crippen LogP contribution in [0.1, 0.15) is 70.7 Å². The first-order chi connectivity index (χ1) is 36.1. The van der Waals surface area contributed by atoms with Crippen LogP contribution in [0.25, 0.3) is 11.1 Å². The van der Waals surface area contributed by atoms with Gasteiger partial charge in [0.15, 0.2) is 11.4 Å². The van der Waals surface area contributed by atoms with E-state index in [1.54, 1.807) is 12.1 Å². The predicted octanol–water partition coefficient (Wildman–Crippen LogP) is 10.6. The molecule has 0 radical (unpaired) electrons. The van der Waals surface area contributed by atoms with Crippen LogP contribution < -0.4 is 16.4 Å². The van der Waals surface area contributed by atoms with Crippen LogP contribution in [-0.2, 0) is 42.8 Å². The van der Waals surface area contributed by atoms with Gasteiger partial charge in [0.05, 0.1) is 16.6 Å². The average Bonchev–Trinajstić information content (AvgIpc) is 3.97. The zero-order valence-corrected chi connectivity index (χ0v) is 46.0. The zero-order valence-electron chi connectivity index (χ0n) is 43.0. The quantitative estimate of drug-likeness (QED) is 0.0537. The number of aliphatic imine (C=N–C) groups is 1. The van der Waals surface area contributed by atoms with E-state index in [9.17, 15) is 35.9 Å². The van der Waals surface area contributed by atoms with Gasteiger partial charge in [-0.25, -0.2) is 24.5 Å². The van der Waals surface area contributed by atoms with Gasteiger partial charge in [0.1, 0.15) is 0 Å². The van der Waals surface area contributed by atoms with Crippen LogP contribution >= 0.6 is 46.4 Å². The Hall–Kier alpha value is -4.59. The Bertz CT molecular complexity index is 2770. The summed E-state index contributed by atoms with van der Waals surface area (Å²) in [4.78, 5) is 41.4. The highest BCUT2D eigenvalue weighted by atomic mass is 35.5. The molecule has 4 heterocycles. The second-order valence-corrected chi connectivity index (χ2v) is 21.2. The van der Waals surface area contributed by atoms with E-state index in [0.29, 0.717) is 74.8 Å². The monoisotopic (exact) mass is 1140 g/mol. The number of nitrogens with zero attached hydrogens (tertiary/aromatic N) is 7. The first-order valence-electron chi connectivity index (χ1n) is 25.1. The number of rotatable bonds is 17. The van der Waals surface area contributed by atoms with E-state index in [-0.39, 0.29) is 23.1 Å². The number of aromatic nitrogens is 2. The lowest BCUT2D eigenvalue weighted by atomic mass is 9.92. The van der Waals surface area contributed by atoms with Crippen molar-refractivity contribution in [3.8, 4) is 0 Å². The third-order valence-electron chi connectivity index (χ3n) is 13.7. The smallest absolute Gasteiger partial charge is 0.337 e. The average molecular weight is 1140 g/mol. The minimum Gasteiger partial charge on any atom is -0.337 e. The number of carbonyl (C=O) groups excluding carboxylic acids is 2. The lowest BCUT2D eigenvalue weighted by molar-refractivity contribution is -0.142. The molecule has 4 aliphatic rings. The van der Waals surface area contributed by atoms with Crippen molar-refractivity contribution in [3.05, 3.63) is 137 Å². The van der Waals surface area contributed by atoms with Crippen LogP contribution in [0.5, 0.6) is 0 Å². The lowest BCUT2D eigenvalue weighted by Crippen LogP contribution is -2.50. The molecule has 12 nitrogen and oxygen atoms in total. The summed E-state index contributed by atoms with van der Waals surface area (Å²) in [6.07, 6.45) is -2.04. The summed E-state index contributed by atoms with van der Waals surface area (Å²) in [7, 11) is 7.75. The van der Waals surface area contributed by atoms with Crippen LogP contribution in [0.4, 0.5) is 31.1 Å². The van der Waals surface area contributed by atoms with Gasteiger partial charge in [-0.3, -0.25) is 9.80 Å². The minimum atomic E-state index is -4.59. The summed E-state index contributed by atoms with van der Waals surface area (Å²) in [5.74, 6) is 0. The molecule has 412 valence electrons. The van der Waals surface area contributed by atoms with E-state index in [1.165, 1.54) is 62.8 Å². The maximum Gasteiger partial charge on any atom is 0.434 e. The van der Waals surface area contributed by atoms with E-state index in [1.807, 2.05) is 62.3 Å². The third kappa shape index (κ3) is 16.7. The minimum absolute atomic E-state index is 0.0200. The highest BCUT2D eigenvalue weighted by molar-refractivity contribution is 6.32. The lowest BCUT2D eigenvalue weighted by Gasteiger charge is -2.37. The summed E-state index contributed by atoms with van der Waals surface area (Å²) in [6, 6.07) is 17.5. The molecule has 2 amide bonds. The van der Waals surface area contributed by atoms with Gasteiger partial charge >= 0.3 is 18.4 Å². The molecule has 2 unspecified atom stereocenters. The number of nitrogens with one attached hydrogen (secondary N) is 2. The van der Waals surface area contributed by atoms with Gasteiger partial charge < -0.3 is 26.2 Å². The maximum absolute atomic E-state index is 13.2. The van der Waals surface area contributed by atoms with E-state index in [0.717, 1.165) is 63.4 Å². The van der Waals surface area contributed by atoms with Gasteiger partial charge in [0, 0.05) is 79.3 Å². The number of hydrogen-bond donors (Lipinski definition) is 3. The summed E-state index contributed by atoms with van der Waals surface area (Å²) >= 11 is 23.8. The Morgan fingerprint density at radius 1 is 0.711 bits per heavy atom. The highest BCUT2D eigenvalue weighted by Gasteiger charge is 2.38. The standard InChI is InChI=1S/C27H32Cl2F3N5O.C22H22Cl2F3N3.C5H10N2O/c1-36(2)13-10-33-26(38)34-16-24-22-14-17-5-6-18(28)15-21(17)20(22)9-12-37(24)11-3-4-19-7-8-23(29)25(35-19)27(30,31)32;23-14-4-3-13-10-18-16(17(13)11-14)7-9-30(20(18)12-28)8-1-2-15-5-6-19(24)21(29-15)22(25,26)27;1-7(2)4-3-6-5-8/h5-8,15,24H,3-4,9-14,16H2,1-2H3,(H2,33,34,38);3-6,11,20H,1-2,7-10,12,28H2;3-4H2,1-2H3. The highest BCUT2D eigenvalue weighted by Crippen LogP contribution is 2.44. The molecular weight excluding hydrogens is 1080 g/mol. The van der Waals surface area contributed by atoms with E-state index in [2.05, 4.69) is 47.5 Å². The Morgan fingerprint density at radius 2 is 1.18 bits per heavy atom. The Morgan fingerprint density at radius 3 is 1.63 bits per heavy atom. The van der Waals surface area contributed by atoms with Gasteiger partial charge in [-0.05, 0) is 186 Å². The summed E-state index contributed by atoms with van der Waals surface area (Å²) in [5.41, 5.74) is 15.0. The van der Waals surface area contributed by atoms with Crippen molar-refractivity contribution in [3.63, 3.8) is 0 Å². The molecule has 2 aromatic heterocycles. The molecule has 2 aromatic carbocycles. The number of likely N-dealkylation sites (N-methyl/N-ethyl adjacent to an activating group) is 2. The molecule has 4 aromatic rings. The van der Waals surface area contributed by atoms with Crippen molar-refractivity contribution in [2.45, 2.75) is 75.8 Å². The van der Waals surface area contributed by atoms with Crippen molar-refractivity contribution in [1.29, 1.82) is 0 Å². The van der Waals surface area contributed by atoms with E-state index < -0.39 is 28.8 Å². The molecule has 2 aliphatic carbocycles. The number of carbonyl (C=O) groups is 1. The molecule has 0 bridgehead atoms. The molecule has 2 atom stereocenters. The molecule has 0 saturated carbocycles. The van der Waals surface area contributed by atoms with Gasteiger partial charge in [0.25, 0.3) is 0 Å². The number of hydrogen-bond acceptors (Lipinski definition) is 10. The van der Waals surface area contributed by atoms with Crippen molar-refractivity contribution in [2.24, 2.45) is 10.7 Å². The molecule has 0 fully saturated rings. The second-order valence-electron chi connectivity index (χ2n) is 19.5. The molecule has 0 saturated heterocycles. The summed E-state index contributed by atoms with van der Waals surface area (Å²) in [5, 5.41) is 6.58. The molecule has 2 aliphatic heterocycles. The number of fused-ring (bicyclic) bond motifs is 4. The van der Waals surface area contributed by atoms with Crippen LogP contribution in [-0.4, -0.2) is 147 Å². The number of pyridine rings is 2. The largest absolute Gasteiger partial charge is 0.434 e. The first-order valence-corrected chi connectivity index (χ1v) is 26.6. The number of amides is 2. The Kier molecular flexibility index (Phi) is 22.2. The van der Waals surface area contributed by atoms with Crippen molar-refractivity contribution < 1.29 is 35.9 Å². The first kappa shape index (κ1) is 60.6. The van der Waals surface area contributed by atoms with E-state index in [4.69, 9.17) is 52.1 Å². The van der Waals surface area contributed by atoms with Gasteiger partial charge in [0.2, 0.25) is 6.08 Å². The van der Waals surface area contributed by atoms with Crippen LogP contribution in [0.2, 0.25) is 20.1 Å². The maximum atomic E-state index is 13.2. The normalized spacial score (nSPS) is 17.3. The molecule has 8 rings (SSSR count). The SMILES string of the molecule is CN(C)CCN=C=O.CN(C)CCNC(=O)NCC1C2=C(CCN1CCCc1ccc(Cl)c(C(F)(F)F)n1)c1cc(Cl)ccc1C2.NCC1C2=C(CCN1CCCc1ccc(Cl)c(C(F)(F)F)n1)c1cc(Cl)ccc1C2. The van der Waals surface area contributed by atoms with Gasteiger partial charge in [-0.2, -0.15) is 26.3 Å². The second kappa shape index (κ2) is 27.8. The van der Waals surface area contributed by atoms with Crippen LogP contribution in [0.15, 0.2) is 76.8 Å². The molecular formula is C54H64Cl4F6N10O2. The number of benzene rings is 2. The molecule has 0 spiro atoms. The van der Waals surface area contributed by atoms with Crippen LogP contribution in [0.3, 0.4) is 0 Å². The topological polar surface area (TPSA) is 135 Å². The van der Waals surface area contributed by atoms with Crippen molar-refractivity contribution in [2.75, 3.05) is 93.6 Å². The van der Waals surface area contributed by atoms with Crippen LogP contribution in [0, 0.1) is 0 Å². The van der Waals surface area contributed by atoms with Gasteiger partial charge in [-0.15, -0.1) is 0 Å². The van der Waals surface area contributed by atoms with Crippen molar-refractivity contribution >= 4 is 69.7 Å². The third-order valence-corrected chi connectivity index (χ3v) is 14.7. The van der Waals surface area contributed by atoms with Gasteiger partial charge in [-0.1, -0.05) is 58.5 Å². The number of halogens is 10. The number of isocyanates is 1. The number of nitrogens with two attached hydrogens (primary N) is 1. The fourth-order valence-corrected chi connectivity index (χ4v) is 10.8. The molecule has 22 heteroatoms. The number of urea groups is 1. The van der Waals surface area contributed by atoms with E-state index >= 15 is 0 Å². The number of aryl methyl sites for hydroxylation is 2. The Balaban J connectivity index is 0.000000220. The summed E-state index contributed by atoms with van der Waals surface area (Å²) < 4.78 is 78.7. The Labute approximate surface area is 460 Å². The zero-order chi connectivity index (χ0) is 55.3. The molecule has 76 heavy (non-hydrogen) atoms. The fraction of sp³-hybridized carbons (Fsp3) is 0.481. The molecule has 4 N–H and O–H groups in total. The fourth-order valence-electron chi connectivity index (χ4n) is 10.0.